The number of fused-ring (bicyclic) bond motifs is 1. The van der Waals surface area contributed by atoms with Gasteiger partial charge in [0.05, 0.1) is 15.9 Å². The van der Waals surface area contributed by atoms with E-state index in [1.54, 1.807) is 30.3 Å². The number of hydrogen-bond donors (Lipinski definition) is 0. The highest BCUT2D eigenvalue weighted by Gasteiger charge is 2.27. The molecule has 0 saturated heterocycles. The number of carbonyl (C=O) groups excluding carboxylic acids is 1. The van der Waals surface area contributed by atoms with E-state index in [1.807, 2.05) is 20.8 Å². The quantitative estimate of drug-likeness (QED) is 0.705. The highest BCUT2D eigenvalue weighted by atomic mass is 32.2. The number of carbonyl (C=O) groups is 1. The van der Waals surface area contributed by atoms with Gasteiger partial charge in [-0.25, -0.2) is 17.8 Å². The van der Waals surface area contributed by atoms with Crippen molar-refractivity contribution in [1.82, 2.24) is 8.54 Å². The summed E-state index contributed by atoms with van der Waals surface area (Å²) in [6.45, 7) is 5.58. The molecule has 136 valence electrons. The summed E-state index contributed by atoms with van der Waals surface area (Å²) in [5, 5.41) is 0. The van der Waals surface area contributed by atoms with Gasteiger partial charge in [0, 0.05) is 6.42 Å². The smallest absolute Gasteiger partial charge is 0.274 e. The van der Waals surface area contributed by atoms with E-state index in [-0.39, 0.29) is 22.8 Å². The van der Waals surface area contributed by atoms with E-state index in [0.29, 0.717) is 9.49 Å². The van der Waals surface area contributed by atoms with Crippen LogP contribution in [0.15, 0.2) is 58.2 Å². The normalized spacial score (nSPS) is 12.0. The average Bonchev–Trinajstić information content (AvgIpc) is 2.87. The first-order valence-corrected chi connectivity index (χ1v) is 9.75. The Balaban J connectivity index is 2.31. The molecule has 0 N–H and O–H groups in total. The highest BCUT2D eigenvalue weighted by molar-refractivity contribution is 7.90. The molecule has 0 spiro atoms. The van der Waals surface area contributed by atoms with E-state index < -0.39 is 21.6 Å². The molecule has 0 saturated carbocycles. The van der Waals surface area contributed by atoms with Crippen molar-refractivity contribution in [2.75, 3.05) is 0 Å². The minimum atomic E-state index is -4.12. The van der Waals surface area contributed by atoms with E-state index in [1.165, 1.54) is 18.2 Å². The van der Waals surface area contributed by atoms with Gasteiger partial charge in [0.1, 0.15) is 0 Å². The minimum absolute atomic E-state index is 0.00408. The Labute approximate surface area is 151 Å². The zero-order valence-electron chi connectivity index (χ0n) is 14.8. The number of nitrogens with zero attached hydrogens (tertiary/aromatic N) is 2. The van der Waals surface area contributed by atoms with E-state index in [4.69, 9.17) is 0 Å². The minimum Gasteiger partial charge on any atom is -0.274 e. The van der Waals surface area contributed by atoms with Crippen molar-refractivity contribution in [2.45, 2.75) is 32.1 Å². The summed E-state index contributed by atoms with van der Waals surface area (Å²) >= 11 is 0. The third kappa shape index (κ3) is 2.99. The Morgan fingerprint density at radius 3 is 2.15 bits per heavy atom. The second-order valence-electron chi connectivity index (χ2n) is 6.68. The third-order valence-corrected chi connectivity index (χ3v) is 5.80. The summed E-state index contributed by atoms with van der Waals surface area (Å²) in [6.07, 6.45) is 0.151. The van der Waals surface area contributed by atoms with Gasteiger partial charge >= 0.3 is 5.69 Å². The molecule has 6 nitrogen and oxygen atoms in total. The molecular weight excluding hydrogens is 352 g/mol. The van der Waals surface area contributed by atoms with Gasteiger partial charge in [0.15, 0.2) is 0 Å². The average molecular weight is 372 g/mol. The van der Waals surface area contributed by atoms with Crippen molar-refractivity contribution in [1.29, 1.82) is 0 Å². The van der Waals surface area contributed by atoms with Gasteiger partial charge in [-0.1, -0.05) is 43.7 Å². The predicted molar refractivity (Wildman–Crippen MR) is 100 cm³/mol. The first-order valence-electron chi connectivity index (χ1n) is 8.31. The molecule has 2 aromatic carbocycles. The maximum Gasteiger partial charge on any atom is 0.350 e. The fraction of sp³-hybridized carbons (Fsp3) is 0.263. The predicted octanol–water partition coefficient (Wildman–Crippen LogP) is 3.03. The number of benzene rings is 2. The third-order valence-electron chi connectivity index (χ3n) is 4.10. The Hall–Kier alpha value is -2.67. The summed E-state index contributed by atoms with van der Waals surface area (Å²) in [6, 6.07) is 12.7. The lowest BCUT2D eigenvalue weighted by molar-refractivity contribution is 0.0887. The van der Waals surface area contributed by atoms with Crippen molar-refractivity contribution in [3.8, 4) is 0 Å². The molecule has 0 fully saturated rings. The number of hydrogen-bond acceptors (Lipinski definition) is 4. The van der Waals surface area contributed by atoms with Crippen LogP contribution in [0.4, 0.5) is 0 Å². The Morgan fingerprint density at radius 1 is 1.00 bits per heavy atom. The topological polar surface area (TPSA) is 78.1 Å². The molecule has 0 radical (unpaired) electrons. The largest absolute Gasteiger partial charge is 0.350 e. The van der Waals surface area contributed by atoms with Crippen molar-refractivity contribution >= 4 is 27.0 Å². The molecule has 0 bridgehead atoms. The molecule has 3 aromatic rings. The van der Waals surface area contributed by atoms with Crippen LogP contribution in [0.25, 0.3) is 11.0 Å². The second-order valence-corrected chi connectivity index (χ2v) is 8.47. The molecule has 3 rings (SSSR count). The maximum absolute atomic E-state index is 13.1. The van der Waals surface area contributed by atoms with Gasteiger partial charge in [-0.3, -0.25) is 4.79 Å². The van der Waals surface area contributed by atoms with Crippen LogP contribution in [0.2, 0.25) is 0 Å². The van der Waals surface area contributed by atoms with Crippen LogP contribution in [0.5, 0.6) is 0 Å². The zero-order valence-corrected chi connectivity index (χ0v) is 15.7. The molecule has 0 aliphatic carbocycles. The molecule has 0 aliphatic rings. The van der Waals surface area contributed by atoms with Crippen molar-refractivity contribution < 1.29 is 13.2 Å². The van der Waals surface area contributed by atoms with Crippen LogP contribution in [-0.4, -0.2) is 22.9 Å². The Bertz CT molecular complexity index is 1140. The summed E-state index contributed by atoms with van der Waals surface area (Å²) in [5.41, 5.74) is 0.525. The van der Waals surface area contributed by atoms with Crippen LogP contribution >= 0.6 is 0 Å². The van der Waals surface area contributed by atoms with Crippen LogP contribution < -0.4 is 5.69 Å². The van der Waals surface area contributed by atoms with E-state index in [9.17, 15) is 18.0 Å². The van der Waals surface area contributed by atoms with Crippen molar-refractivity contribution in [3.63, 3.8) is 0 Å². The first kappa shape index (κ1) is 18.1. The highest BCUT2D eigenvalue weighted by Crippen LogP contribution is 2.20. The monoisotopic (exact) mass is 372 g/mol. The van der Waals surface area contributed by atoms with Gasteiger partial charge in [0.2, 0.25) is 5.91 Å². The Kier molecular flexibility index (Phi) is 4.58. The lowest BCUT2D eigenvalue weighted by Gasteiger charge is -2.06. The summed E-state index contributed by atoms with van der Waals surface area (Å²) < 4.78 is 27.8. The van der Waals surface area contributed by atoms with Gasteiger partial charge in [-0.05, 0) is 37.1 Å². The molecular formula is C19H20N2O4S. The number of aryl methyl sites for hydroxylation is 1. The van der Waals surface area contributed by atoms with E-state index >= 15 is 0 Å². The van der Waals surface area contributed by atoms with Gasteiger partial charge in [-0.2, -0.15) is 3.97 Å². The Morgan fingerprint density at radius 2 is 1.58 bits per heavy atom. The van der Waals surface area contributed by atoms with Crippen LogP contribution in [0.3, 0.4) is 0 Å². The molecule has 26 heavy (non-hydrogen) atoms. The zero-order chi connectivity index (χ0) is 19.1. The molecule has 0 atom stereocenters. The summed E-state index contributed by atoms with van der Waals surface area (Å²) in [5.74, 6) is -0.371. The molecule has 0 amide bonds. The molecule has 0 aliphatic heterocycles. The fourth-order valence-corrected chi connectivity index (χ4v) is 4.24. The van der Waals surface area contributed by atoms with Crippen LogP contribution in [0.1, 0.15) is 30.6 Å². The number of imidazole rings is 1. The first-order chi connectivity index (χ1) is 12.2. The SMILES string of the molecule is Cc1ccc(S(=O)(=O)n2c(=O)n(C(=O)CC(C)C)c3ccccc32)cc1. The lowest BCUT2D eigenvalue weighted by Crippen LogP contribution is -2.33. The maximum atomic E-state index is 13.1. The molecule has 1 aromatic heterocycles. The van der Waals surface area contributed by atoms with Gasteiger partial charge in [-0.15, -0.1) is 0 Å². The standard InChI is InChI=1S/C19H20N2O4S/c1-13(2)12-18(22)20-16-6-4-5-7-17(16)21(19(20)23)26(24,25)15-10-8-14(3)9-11-15/h4-11,13H,12H2,1-3H3. The molecule has 7 heteroatoms. The van der Waals surface area contributed by atoms with Gasteiger partial charge in [0.25, 0.3) is 10.0 Å². The lowest BCUT2D eigenvalue weighted by atomic mass is 10.1. The van der Waals surface area contributed by atoms with Gasteiger partial charge < -0.3 is 0 Å². The molecule has 1 heterocycles. The number of aromatic nitrogens is 2. The van der Waals surface area contributed by atoms with Crippen LogP contribution in [-0.2, 0) is 10.0 Å². The molecule has 0 unspecified atom stereocenters. The summed E-state index contributed by atoms with van der Waals surface area (Å²) in [7, 11) is -4.12. The number of para-hydroxylation sites is 2. The number of rotatable bonds is 4. The van der Waals surface area contributed by atoms with Crippen molar-refractivity contribution in [3.05, 3.63) is 64.6 Å². The second kappa shape index (κ2) is 6.57. The van der Waals surface area contributed by atoms with Crippen LogP contribution in [0, 0.1) is 12.8 Å². The fourth-order valence-electron chi connectivity index (χ4n) is 2.85. The summed E-state index contributed by atoms with van der Waals surface area (Å²) in [4.78, 5) is 25.5. The van der Waals surface area contributed by atoms with Crippen molar-refractivity contribution in [2.24, 2.45) is 5.92 Å². The van der Waals surface area contributed by atoms with E-state index in [0.717, 1.165) is 10.1 Å². The van der Waals surface area contributed by atoms with E-state index in [2.05, 4.69) is 0 Å².